The average Bonchev–Trinajstić information content (AvgIpc) is 2.89. The summed E-state index contributed by atoms with van der Waals surface area (Å²) in [5.74, 6) is 3.00. The zero-order valence-electron chi connectivity index (χ0n) is 10.9. The van der Waals surface area contributed by atoms with Gasteiger partial charge in [0.2, 0.25) is 0 Å². The van der Waals surface area contributed by atoms with Crippen molar-refractivity contribution in [1.82, 2.24) is 9.97 Å². The van der Waals surface area contributed by atoms with Crippen LogP contribution in [-0.4, -0.2) is 29.6 Å². The number of hydrogen-bond donors (Lipinski definition) is 1. The highest BCUT2D eigenvalue weighted by molar-refractivity contribution is 5.50. The molecule has 4 heteroatoms. The lowest BCUT2D eigenvalue weighted by Gasteiger charge is -2.18. The maximum absolute atomic E-state index is 4.62. The highest BCUT2D eigenvalue weighted by Gasteiger charge is 2.15. The van der Waals surface area contributed by atoms with Gasteiger partial charge < -0.3 is 10.2 Å². The van der Waals surface area contributed by atoms with E-state index in [4.69, 9.17) is 0 Å². The van der Waals surface area contributed by atoms with Crippen LogP contribution in [0, 0.1) is 0 Å². The van der Waals surface area contributed by atoms with Crippen LogP contribution in [0.2, 0.25) is 0 Å². The van der Waals surface area contributed by atoms with Crippen LogP contribution in [0.15, 0.2) is 6.07 Å². The van der Waals surface area contributed by atoms with E-state index in [0.29, 0.717) is 0 Å². The monoisotopic (exact) mass is 234 g/mol. The largest absolute Gasteiger partial charge is 0.370 e. The normalized spacial score (nSPS) is 15.3. The molecule has 0 amide bonds. The predicted molar refractivity (Wildman–Crippen MR) is 71.6 cm³/mol. The molecule has 1 saturated heterocycles. The summed E-state index contributed by atoms with van der Waals surface area (Å²) in [5, 5.41) is 3.36. The first-order valence-electron chi connectivity index (χ1n) is 6.70. The minimum Gasteiger partial charge on any atom is -0.370 e. The maximum Gasteiger partial charge on any atom is 0.134 e. The highest BCUT2D eigenvalue weighted by atomic mass is 15.2. The van der Waals surface area contributed by atoms with E-state index < -0.39 is 0 Å². The fraction of sp³-hybridized carbons (Fsp3) is 0.692. The molecule has 1 aliphatic rings. The zero-order valence-corrected chi connectivity index (χ0v) is 10.9. The molecule has 94 valence electrons. The average molecular weight is 234 g/mol. The third-order valence-electron chi connectivity index (χ3n) is 3.06. The molecule has 0 aliphatic carbocycles. The molecular weight excluding hydrogens is 212 g/mol. The molecule has 0 spiro atoms. The molecule has 4 nitrogen and oxygen atoms in total. The third kappa shape index (κ3) is 3.08. The van der Waals surface area contributed by atoms with Crippen LogP contribution in [0.1, 0.15) is 38.9 Å². The van der Waals surface area contributed by atoms with Gasteiger partial charge in [-0.05, 0) is 19.3 Å². The first kappa shape index (κ1) is 12.1. The molecule has 1 aromatic heterocycles. The van der Waals surface area contributed by atoms with E-state index in [9.17, 15) is 0 Å². The quantitative estimate of drug-likeness (QED) is 0.849. The summed E-state index contributed by atoms with van der Waals surface area (Å²) in [5.41, 5.74) is 0. The smallest absolute Gasteiger partial charge is 0.134 e. The Kier molecular flexibility index (Phi) is 4.18. The Balaban J connectivity index is 2.18. The van der Waals surface area contributed by atoms with Crippen molar-refractivity contribution in [2.24, 2.45) is 0 Å². The summed E-state index contributed by atoms with van der Waals surface area (Å²) in [7, 11) is 0. The van der Waals surface area contributed by atoms with Gasteiger partial charge in [0.1, 0.15) is 17.5 Å². The van der Waals surface area contributed by atoms with E-state index in [1.54, 1.807) is 0 Å². The van der Waals surface area contributed by atoms with E-state index >= 15 is 0 Å². The minimum atomic E-state index is 0.891. The third-order valence-corrected chi connectivity index (χ3v) is 3.06. The number of nitrogens with zero attached hydrogens (tertiary/aromatic N) is 3. The fourth-order valence-corrected chi connectivity index (χ4v) is 2.09. The lowest BCUT2D eigenvalue weighted by Crippen LogP contribution is -2.20. The van der Waals surface area contributed by atoms with Gasteiger partial charge in [0.05, 0.1) is 0 Å². The van der Waals surface area contributed by atoms with Crippen molar-refractivity contribution in [3.8, 4) is 0 Å². The molecule has 2 rings (SSSR count). The van der Waals surface area contributed by atoms with Crippen LogP contribution >= 0.6 is 0 Å². The Hall–Kier alpha value is -1.32. The van der Waals surface area contributed by atoms with E-state index in [2.05, 4.69) is 40.1 Å². The summed E-state index contributed by atoms with van der Waals surface area (Å²) in [6, 6.07) is 2.08. The Morgan fingerprint density at radius 3 is 2.65 bits per heavy atom. The van der Waals surface area contributed by atoms with Crippen molar-refractivity contribution in [3.63, 3.8) is 0 Å². The molecule has 2 heterocycles. The Morgan fingerprint density at radius 1 is 1.24 bits per heavy atom. The second kappa shape index (κ2) is 5.84. The number of aromatic nitrogens is 2. The Labute approximate surface area is 103 Å². The highest BCUT2D eigenvalue weighted by Crippen LogP contribution is 2.20. The van der Waals surface area contributed by atoms with E-state index in [0.717, 1.165) is 49.9 Å². The van der Waals surface area contributed by atoms with Crippen molar-refractivity contribution in [2.45, 2.75) is 39.5 Å². The van der Waals surface area contributed by atoms with Crippen LogP contribution in [0.3, 0.4) is 0 Å². The lowest BCUT2D eigenvalue weighted by molar-refractivity contribution is 0.872. The molecule has 1 N–H and O–H groups in total. The topological polar surface area (TPSA) is 41.0 Å². The summed E-state index contributed by atoms with van der Waals surface area (Å²) in [6.07, 6.45) is 4.57. The Morgan fingerprint density at radius 2 is 2.00 bits per heavy atom. The van der Waals surface area contributed by atoms with Crippen molar-refractivity contribution >= 4 is 11.6 Å². The standard InChI is InChI=1S/C13H22N4/c1-3-7-14-12-10-13(16-11(4-2)15-12)17-8-5-6-9-17/h10H,3-9H2,1-2H3,(H,14,15,16). The van der Waals surface area contributed by atoms with Gasteiger partial charge in [-0.2, -0.15) is 0 Å². The van der Waals surface area contributed by atoms with Crippen molar-refractivity contribution in [2.75, 3.05) is 29.9 Å². The van der Waals surface area contributed by atoms with Gasteiger partial charge in [-0.15, -0.1) is 0 Å². The van der Waals surface area contributed by atoms with Gasteiger partial charge in [-0.25, -0.2) is 9.97 Å². The van der Waals surface area contributed by atoms with Crippen LogP contribution < -0.4 is 10.2 Å². The van der Waals surface area contributed by atoms with Crippen molar-refractivity contribution < 1.29 is 0 Å². The molecule has 0 bridgehead atoms. The summed E-state index contributed by atoms with van der Waals surface area (Å²) >= 11 is 0. The molecule has 0 radical (unpaired) electrons. The van der Waals surface area contributed by atoms with Gasteiger partial charge in [-0.1, -0.05) is 13.8 Å². The summed E-state index contributed by atoms with van der Waals surface area (Å²) in [4.78, 5) is 11.5. The van der Waals surface area contributed by atoms with Gasteiger partial charge in [0.15, 0.2) is 0 Å². The Bertz CT molecular complexity index is 358. The molecular formula is C13H22N4. The van der Waals surface area contributed by atoms with Crippen LogP contribution in [0.25, 0.3) is 0 Å². The van der Waals surface area contributed by atoms with Crippen molar-refractivity contribution in [1.29, 1.82) is 0 Å². The molecule has 17 heavy (non-hydrogen) atoms. The minimum absolute atomic E-state index is 0.891. The van der Waals surface area contributed by atoms with Gasteiger partial charge >= 0.3 is 0 Å². The second-order valence-corrected chi connectivity index (χ2v) is 4.50. The first-order chi connectivity index (χ1) is 8.33. The number of nitrogens with one attached hydrogen (secondary N) is 1. The maximum atomic E-state index is 4.62. The van der Waals surface area contributed by atoms with Crippen LogP contribution in [0.4, 0.5) is 11.6 Å². The lowest BCUT2D eigenvalue weighted by atomic mass is 10.4. The first-order valence-corrected chi connectivity index (χ1v) is 6.70. The predicted octanol–water partition coefficient (Wildman–Crippen LogP) is 2.46. The molecule has 1 fully saturated rings. The molecule has 0 saturated carbocycles. The van der Waals surface area contributed by atoms with E-state index in [1.807, 2.05) is 0 Å². The van der Waals surface area contributed by atoms with Crippen LogP contribution in [0.5, 0.6) is 0 Å². The number of anilines is 2. The van der Waals surface area contributed by atoms with Gasteiger partial charge in [-0.3, -0.25) is 0 Å². The van der Waals surface area contributed by atoms with E-state index in [1.165, 1.54) is 12.8 Å². The number of rotatable bonds is 5. The summed E-state index contributed by atoms with van der Waals surface area (Å²) < 4.78 is 0. The van der Waals surface area contributed by atoms with Gasteiger partial charge in [0, 0.05) is 32.1 Å². The molecule has 1 aliphatic heterocycles. The molecule has 0 aromatic carbocycles. The zero-order chi connectivity index (χ0) is 12.1. The molecule has 0 atom stereocenters. The SMILES string of the molecule is CCCNc1cc(N2CCCC2)nc(CC)n1. The van der Waals surface area contributed by atoms with Gasteiger partial charge in [0.25, 0.3) is 0 Å². The second-order valence-electron chi connectivity index (χ2n) is 4.50. The molecule has 1 aromatic rings. The summed E-state index contributed by atoms with van der Waals surface area (Å²) in [6.45, 7) is 7.50. The number of aryl methyl sites for hydroxylation is 1. The van der Waals surface area contributed by atoms with E-state index in [-0.39, 0.29) is 0 Å². The van der Waals surface area contributed by atoms with Crippen LogP contribution in [-0.2, 0) is 6.42 Å². The molecule has 0 unspecified atom stereocenters. The number of hydrogen-bond acceptors (Lipinski definition) is 4. The fourth-order valence-electron chi connectivity index (χ4n) is 2.09. The van der Waals surface area contributed by atoms with Crippen molar-refractivity contribution in [3.05, 3.63) is 11.9 Å².